The molecule has 1 aliphatic heterocycles. The largest absolute Gasteiger partial charge is 0.338 e. The molecule has 3 heterocycles. The summed E-state index contributed by atoms with van der Waals surface area (Å²) >= 11 is 0. The molecule has 0 spiro atoms. The van der Waals surface area contributed by atoms with Gasteiger partial charge in [-0.25, -0.2) is 9.97 Å². The SMILES string of the molecule is CCCCN(Cc1cnc(C)nc1Nc1nc(CC)nc(N2CCN(C)CC2)n1)C(C)=O. The van der Waals surface area contributed by atoms with Gasteiger partial charge >= 0.3 is 0 Å². The molecule has 0 saturated carbocycles. The van der Waals surface area contributed by atoms with E-state index in [-0.39, 0.29) is 5.91 Å². The highest BCUT2D eigenvalue weighted by Crippen LogP contribution is 2.20. The van der Waals surface area contributed by atoms with Crippen LogP contribution < -0.4 is 10.2 Å². The van der Waals surface area contributed by atoms with E-state index in [1.807, 2.05) is 18.7 Å². The van der Waals surface area contributed by atoms with Crippen LogP contribution in [0.2, 0.25) is 0 Å². The minimum absolute atomic E-state index is 0.0377. The maximum absolute atomic E-state index is 12.1. The van der Waals surface area contributed by atoms with Crippen molar-refractivity contribution in [3.63, 3.8) is 0 Å². The Labute approximate surface area is 190 Å². The molecule has 3 rings (SSSR count). The van der Waals surface area contributed by atoms with Gasteiger partial charge in [0.05, 0.1) is 6.54 Å². The average molecular weight is 442 g/mol. The molecule has 1 aliphatic rings. The van der Waals surface area contributed by atoms with Crippen LogP contribution in [0, 0.1) is 6.92 Å². The molecular formula is C22H35N9O. The van der Waals surface area contributed by atoms with E-state index in [0.29, 0.717) is 43.0 Å². The van der Waals surface area contributed by atoms with Gasteiger partial charge in [0.25, 0.3) is 0 Å². The first-order chi connectivity index (χ1) is 15.4. The van der Waals surface area contributed by atoms with E-state index in [2.05, 4.69) is 49.0 Å². The van der Waals surface area contributed by atoms with E-state index in [1.165, 1.54) is 0 Å². The summed E-state index contributed by atoms with van der Waals surface area (Å²) < 4.78 is 0. The number of piperazine rings is 1. The van der Waals surface area contributed by atoms with Crippen LogP contribution >= 0.6 is 0 Å². The number of hydrogen-bond donors (Lipinski definition) is 1. The van der Waals surface area contributed by atoms with Crippen LogP contribution in [-0.2, 0) is 17.8 Å². The number of hydrogen-bond acceptors (Lipinski definition) is 9. The molecule has 10 nitrogen and oxygen atoms in total. The molecule has 174 valence electrons. The standard InChI is InChI=1S/C22H35N9O/c1-6-8-9-31(17(4)32)15-18-14-23-16(3)24-20(18)27-21-25-19(7-2)26-22(28-21)30-12-10-29(5)11-13-30/h14H,6-13,15H2,1-5H3,(H,23,24,25,26,27,28). The predicted octanol–water partition coefficient (Wildman–Crippen LogP) is 2.18. The first-order valence-electron chi connectivity index (χ1n) is 11.4. The van der Waals surface area contributed by atoms with E-state index >= 15 is 0 Å². The highest BCUT2D eigenvalue weighted by atomic mass is 16.2. The highest BCUT2D eigenvalue weighted by Gasteiger charge is 2.19. The third-order valence-corrected chi connectivity index (χ3v) is 5.58. The zero-order valence-corrected chi connectivity index (χ0v) is 19.9. The summed E-state index contributed by atoms with van der Waals surface area (Å²) in [6, 6.07) is 0. The summed E-state index contributed by atoms with van der Waals surface area (Å²) in [4.78, 5) is 41.3. The zero-order valence-electron chi connectivity index (χ0n) is 19.9. The van der Waals surface area contributed by atoms with Crippen molar-refractivity contribution in [2.75, 3.05) is 50.0 Å². The lowest BCUT2D eigenvalue weighted by atomic mass is 10.2. The Bertz CT molecular complexity index is 912. The molecule has 1 saturated heterocycles. The van der Waals surface area contributed by atoms with Crippen molar-refractivity contribution in [1.29, 1.82) is 0 Å². The van der Waals surface area contributed by atoms with Gasteiger partial charge in [-0.3, -0.25) is 4.79 Å². The van der Waals surface area contributed by atoms with Gasteiger partial charge in [-0.05, 0) is 20.4 Å². The van der Waals surface area contributed by atoms with Crippen LogP contribution in [0.15, 0.2) is 6.20 Å². The molecule has 0 aromatic carbocycles. The lowest BCUT2D eigenvalue weighted by Crippen LogP contribution is -2.45. The predicted molar refractivity (Wildman–Crippen MR) is 125 cm³/mol. The molecule has 2 aromatic heterocycles. The number of amides is 1. The zero-order chi connectivity index (χ0) is 23.1. The van der Waals surface area contributed by atoms with Crippen LogP contribution in [0.25, 0.3) is 0 Å². The van der Waals surface area contributed by atoms with Gasteiger partial charge < -0.3 is 20.0 Å². The topological polar surface area (TPSA) is 103 Å². The van der Waals surface area contributed by atoms with E-state index < -0.39 is 0 Å². The van der Waals surface area contributed by atoms with Gasteiger partial charge in [-0.2, -0.15) is 15.0 Å². The van der Waals surface area contributed by atoms with Crippen LogP contribution in [0.1, 0.15) is 50.8 Å². The number of aryl methyl sites for hydroxylation is 2. The second-order valence-corrected chi connectivity index (χ2v) is 8.23. The maximum Gasteiger partial charge on any atom is 0.233 e. The van der Waals surface area contributed by atoms with Gasteiger partial charge in [0.2, 0.25) is 17.8 Å². The van der Waals surface area contributed by atoms with Crippen molar-refractivity contribution in [3.8, 4) is 0 Å². The lowest BCUT2D eigenvalue weighted by molar-refractivity contribution is -0.129. The maximum atomic E-state index is 12.1. The smallest absolute Gasteiger partial charge is 0.233 e. The minimum Gasteiger partial charge on any atom is -0.338 e. The van der Waals surface area contributed by atoms with Crippen molar-refractivity contribution >= 4 is 23.6 Å². The number of carbonyl (C=O) groups excluding carboxylic acids is 1. The van der Waals surface area contributed by atoms with Crippen molar-refractivity contribution in [3.05, 3.63) is 23.4 Å². The van der Waals surface area contributed by atoms with Crippen molar-refractivity contribution in [1.82, 2.24) is 34.7 Å². The number of carbonyl (C=O) groups is 1. The molecule has 0 atom stereocenters. The van der Waals surface area contributed by atoms with Crippen molar-refractivity contribution < 1.29 is 4.79 Å². The van der Waals surface area contributed by atoms with Crippen LogP contribution in [-0.4, -0.2) is 80.4 Å². The number of nitrogens with zero attached hydrogens (tertiary/aromatic N) is 8. The molecule has 1 fully saturated rings. The Morgan fingerprint density at radius 1 is 1.12 bits per heavy atom. The minimum atomic E-state index is 0.0377. The molecule has 1 amide bonds. The van der Waals surface area contributed by atoms with Gasteiger partial charge in [-0.15, -0.1) is 0 Å². The fraction of sp³-hybridized carbons (Fsp3) is 0.636. The van der Waals surface area contributed by atoms with Crippen molar-refractivity contribution in [2.24, 2.45) is 0 Å². The number of rotatable bonds is 9. The normalized spacial score (nSPS) is 14.5. The number of unbranched alkanes of at least 4 members (excludes halogenated alkanes) is 1. The van der Waals surface area contributed by atoms with Crippen LogP contribution in [0.3, 0.4) is 0 Å². The highest BCUT2D eigenvalue weighted by molar-refractivity contribution is 5.73. The van der Waals surface area contributed by atoms with E-state index in [4.69, 9.17) is 4.98 Å². The molecule has 2 aromatic rings. The fourth-order valence-electron chi connectivity index (χ4n) is 3.50. The molecule has 0 radical (unpaired) electrons. The third kappa shape index (κ3) is 6.32. The van der Waals surface area contributed by atoms with Gasteiger partial charge in [0.15, 0.2) is 0 Å². The van der Waals surface area contributed by atoms with Gasteiger partial charge in [0, 0.05) is 57.8 Å². The van der Waals surface area contributed by atoms with E-state index in [1.54, 1.807) is 13.1 Å². The van der Waals surface area contributed by atoms with Crippen LogP contribution in [0.5, 0.6) is 0 Å². The Balaban J connectivity index is 1.86. The Hall–Kier alpha value is -2.88. The Morgan fingerprint density at radius 2 is 1.88 bits per heavy atom. The molecule has 32 heavy (non-hydrogen) atoms. The summed E-state index contributed by atoms with van der Waals surface area (Å²) in [7, 11) is 2.12. The van der Waals surface area contributed by atoms with Crippen molar-refractivity contribution in [2.45, 2.75) is 53.5 Å². The van der Waals surface area contributed by atoms with E-state index in [9.17, 15) is 4.79 Å². The first-order valence-corrected chi connectivity index (χ1v) is 11.4. The number of nitrogens with one attached hydrogen (secondary N) is 1. The number of anilines is 3. The third-order valence-electron chi connectivity index (χ3n) is 5.58. The summed E-state index contributed by atoms with van der Waals surface area (Å²) in [6.45, 7) is 12.4. The van der Waals surface area contributed by atoms with Gasteiger partial charge in [-0.1, -0.05) is 20.3 Å². The molecular weight excluding hydrogens is 406 g/mol. The molecule has 1 N–H and O–H groups in total. The fourth-order valence-corrected chi connectivity index (χ4v) is 3.50. The summed E-state index contributed by atoms with van der Waals surface area (Å²) in [5.74, 6) is 3.19. The summed E-state index contributed by atoms with van der Waals surface area (Å²) in [6.07, 6.45) is 4.47. The van der Waals surface area contributed by atoms with Crippen LogP contribution in [0.4, 0.5) is 17.7 Å². The summed E-state index contributed by atoms with van der Waals surface area (Å²) in [5.41, 5.74) is 0.835. The van der Waals surface area contributed by atoms with Gasteiger partial charge in [0.1, 0.15) is 17.5 Å². The molecule has 0 aliphatic carbocycles. The Morgan fingerprint density at radius 3 is 2.53 bits per heavy atom. The number of aromatic nitrogens is 5. The number of likely N-dealkylation sites (N-methyl/N-ethyl adjacent to an activating group) is 1. The second-order valence-electron chi connectivity index (χ2n) is 8.23. The average Bonchev–Trinajstić information content (AvgIpc) is 2.78. The van der Waals surface area contributed by atoms with E-state index in [0.717, 1.165) is 50.4 Å². The quantitative estimate of drug-likeness (QED) is 0.627. The molecule has 0 bridgehead atoms. The monoisotopic (exact) mass is 441 g/mol. The molecule has 0 unspecified atom stereocenters. The Kier molecular flexibility index (Phi) is 8.26. The summed E-state index contributed by atoms with van der Waals surface area (Å²) in [5, 5.41) is 3.29. The lowest BCUT2D eigenvalue weighted by Gasteiger charge is -2.32. The molecule has 10 heteroatoms. The first kappa shape index (κ1) is 23.8. The second kappa shape index (κ2) is 11.1.